The lowest BCUT2D eigenvalue weighted by Crippen LogP contribution is -2.03. The number of hydrogen-bond donors (Lipinski definition) is 0. The molecule has 7 heteroatoms. The Labute approximate surface area is 166 Å². The zero-order valence-corrected chi connectivity index (χ0v) is 17.0. The Morgan fingerprint density at radius 1 is 1.04 bits per heavy atom. The number of benzene rings is 2. The summed E-state index contributed by atoms with van der Waals surface area (Å²) in [5, 5.41) is 13.8. The van der Waals surface area contributed by atoms with Gasteiger partial charge in [0.15, 0.2) is 0 Å². The molecule has 0 aliphatic carbocycles. The first-order chi connectivity index (χ1) is 13.4. The molecule has 2 aromatic heterocycles. The molecular weight excluding hydrogens is 372 g/mol. The molecular formula is C21H20N4O2S. The van der Waals surface area contributed by atoms with Gasteiger partial charge < -0.3 is 4.42 Å². The molecule has 0 aliphatic rings. The van der Waals surface area contributed by atoms with Gasteiger partial charge in [-0.15, -0.1) is 5.10 Å². The summed E-state index contributed by atoms with van der Waals surface area (Å²) in [6.45, 7) is 8.08. The fourth-order valence-electron chi connectivity index (χ4n) is 3.25. The quantitative estimate of drug-likeness (QED) is 0.381. The van der Waals surface area contributed by atoms with Crippen molar-refractivity contribution >= 4 is 22.7 Å². The fourth-order valence-corrected chi connectivity index (χ4v) is 4.12. The number of tetrazole rings is 1. The van der Waals surface area contributed by atoms with Crippen LogP contribution in [0, 0.1) is 27.7 Å². The van der Waals surface area contributed by atoms with E-state index < -0.39 is 0 Å². The summed E-state index contributed by atoms with van der Waals surface area (Å²) in [5.74, 6) is 0.565. The standard InChI is InChI=1S/C21H20N4O2S/c1-12-5-8-18(14(3)9-12)25-21(22-23-24-25)28-11-16-10-19(26)27-20-15(4)13(2)6-7-17(16)20/h5-10H,11H2,1-4H3. The van der Waals surface area contributed by atoms with Gasteiger partial charge in [0, 0.05) is 17.2 Å². The van der Waals surface area contributed by atoms with Crippen LogP contribution < -0.4 is 5.63 Å². The number of thioether (sulfide) groups is 1. The van der Waals surface area contributed by atoms with E-state index in [9.17, 15) is 4.79 Å². The Bertz CT molecular complexity index is 1240. The Balaban J connectivity index is 1.69. The summed E-state index contributed by atoms with van der Waals surface area (Å²) in [7, 11) is 0. The van der Waals surface area contributed by atoms with Gasteiger partial charge in [0.1, 0.15) is 5.58 Å². The van der Waals surface area contributed by atoms with Crippen LogP contribution in [0.2, 0.25) is 0 Å². The van der Waals surface area contributed by atoms with E-state index in [0.717, 1.165) is 33.3 Å². The van der Waals surface area contributed by atoms with Crippen LogP contribution in [-0.4, -0.2) is 20.2 Å². The van der Waals surface area contributed by atoms with Gasteiger partial charge in [0.05, 0.1) is 5.69 Å². The maximum absolute atomic E-state index is 12.1. The number of rotatable bonds is 4. The first-order valence-corrected chi connectivity index (χ1v) is 9.94. The Kier molecular flexibility index (Phi) is 4.77. The van der Waals surface area contributed by atoms with E-state index in [1.165, 1.54) is 17.3 Å². The highest BCUT2D eigenvalue weighted by atomic mass is 32.2. The molecule has 0 unspecified atom stereocenters. The summed E-state index contributed by atoms with van der Waals surface area (Å²) in [4.78, 5) is 12.1. The van der Waals surface area contributed by atoms with Crippen molar-refractivity contribution < 1.29 is 4.42 Å². The number of nitrogens with zero attached hydrogens (tertiary/aromatic N) is 4. The van der Waals surface area contributed by atoms with Crippen LogP contribution in [0.5, 0.6) is 0 Å². The van der Waals surface area contributed by atoms with Crippen molar-refractivity contribution in [2.45, 2.75) is 38.6 Å². The number of hydrogen-bond acceptors (Lipinski definition) is 6. The Morgan fingerprint density at radius 3 is 2.64 bits per heavy atom. The van der Waals surface area contributed by atoms with Crippen LogP contribution in [0.1, 0.15) is 27.8 Å². The second-order valence-electron chi connectivity index (χ2n) is 6.93. The molecule has 0 bridgehead atoms. The van der Waals surface area contributed by atoms with Gasteiger partial charge in [-0.05, 0) is 66.4 Å². The lowest BCUT2D eigenvalue weighted by atomic mass is 10.0. The van der Waals surface area contributed by atoms with E-state index in [-0.39, 0.29) is 5.63 Å². The molecule has 0 fully saturated rings. The topological polar surface area (TPSA) is 73.8 Å². The van der Waals surface area contributed by atoms with E-state index in [2.05, 4.69) is 28.5 Å². The first-order valence-electron chi connectivity index (χ1n) is 8.96. The number of aryl methyl sites for hydroxylation is 4. The molecule has 0 radical (unpaired) electrons. The minimum absolute atomic E-state index is 0.342. The van der Waals surface area contributed by atoms with E-state index in [4.69, 9.17) is 4.42 Å². The largest absolute Gasteiger partial charge is 0.422 e. The van der Waals surface area contributed by atoms with Crippen LogP contribution in [0.15, 0.2) is 50.8 Å². The van der Waals surface area contributed by atoms with Gasteiger partial charge in [-0.25, -0.2) is 4.79 Å². The van der Waals surface area contributed by atoms with Gasteiger partial charge in [-0.3, -0.25) is 0 Å². The summed E-state index contributed by atoms with van der Waals surface area (Å²) >= 11 is 1.49. The molecule has 6 nitrogen and oxygen atoms in total. The summed E-state index contributed by atoms with van der Waals surface area (Å²) < 4.78 is 7.20. The zero-order chi connectivity index (χ0) is 19.8. The highest BCUT2D eigenvalue weighted by molar-refractivity contribution is 7.98. The van der Waals surface area contributed by atoms with Gasteiger partial charge in [-0.2, -0.15) is 4.68 Å². The van der Waals surface area contributed by atoms with Crippen molar-refractivity contribution in [3.63, 3.8) is 0 Å². The van der Waals surface area contributed by atoms with E-state index in [1.807, 2.05) is 45.0 Å². The van der Waals surface area contributed by atoms with Crippen molar-refractivity contribution in [1.29, 1.82) is 0 Å². The van der Waals surface area contributed by atoms with Crippen molar-refractivity contribution in [3.8, 4) is 5.69 Å². The number of aromatic nitrogens is 4. The predicted molar refractivity (Wildman–Crippen MR) is 110 cm³/mol. The zero-order valence-electron chi connectivity index (χ0n) is 16.2. The van der Waals surface area contributed by atoms with E-state index in [0.29, 0.717) is 16.5 Å². The van der Waals surface area contributed by atoms with Gasteiger partial charge in [0.2, 0.25) is 5.16 Å². The van der Waals surface area contributed by atoms with E-state index >= 15 is 0 Å². The first kappa shape index (κ1) is 18.4. The van der Waals surface area contributed by atoms with Gasteiger partial charge in [0.25, 0.3) is 0 Å². The average Bonchev–Trinajstić information content (AvgIpc) is 3.11. The fraction of sp³-hybridized carbons (Fsp3) is 0.238. The molecule has 28 heavy (non-hydrogen) atoms. The van der Waals surface area contributed by atoms with Crippen LogP contribution in [0.4, 0.5) is 0 Å². The Morgan fingerprint density at radius 2 is 1.86 bits per heavy atom. The van der Waals surface area contributed by atoms with Crippen LogP contribution in [0.25, 0.3) is 16.7 Å². The molecule has 142 valence electrons. The van der Waals surface area contributed by atoms with Crippen molar-refractivity contribution in [3.05, 3.63) is 74.6 Å². The predicted octanol–water partition coefficient (Wildman–Crippen LogP) is 4.29. The van der Waals surface area contributed by atoms with Gasteiger partial charge in [-0.1, -0.05) is 41.6 Å². The van der Waals surface area contributed by atoms with Crippen LogP contribution in [-0.2, 0) is 5.75 Å². The maximum Gasteiger partial charge on any atom is 0.336 e. The molecule has 4 aromatic rings. The maximum atomic E-state index is 12.1. The molecule has 0 amide bonds. The molecule has 0 saturated carbocycles. The normalized spacial score (nSPS) is 11.3. The number of fused-ring (bicyclic) bond motifs is 1. The second kappa shape index (κ2) is 7.24. The summed E-state index contributed by atoms with van der Waals surface area (Å²) in [6, 6.07) is 11.8. The molecule has 0 N–H and O–H groups in total. The molecule has 2 heterocycles. The highest BCUT2D eigenvalue weighted by Crippen LogP contribution is 2.29. The smallest absolute Gasteiger partial charge is 0.336 e. The second-order valence-corrected chi connectivity index (χ2v) is 7.87. The van der Waals surface area contributed by atoms with Crippen molar-refractivity contribution in [1.82, 2.24) is 20.2 Å². The van der Waals surface area contributed by atoms with Crippen LogP contribution in [0.3, 0.4) is 0 Å². The minimum Gasteiger partial charge on any atom is -0.422 e. The molecule has 0 aliphatic heterocycles. The SMILES string of the molecule is Cc1ccc(-n2nnnc2SCc2cc(=O)oc3c(C)c(C)ccc23)c(C)c1. The van der Waals surface area contributed by atoms with Gasteiger partial charge >= 0.3 is 5.63 Å². The third kappa shape index (κ3) is 3.33. The van der Waals surface area contributed by atoms with Crippen molar-refractivity contribution in [2.75, 3.05) is 0 Å². The molecule has 4 rings (SSSR count). The van der Waals surface area contributed by atoms with Crippen LogP contribution >= 0.6 is 11.8 Å². The average molecular weight is 392 g/mol. The lowest BCUT2D eigenvalue weighted by Gasteiger charge is -2.10. The summed E-state index contributed by atoms with van der Waals surface area (Å²) in [5.41, 5.74) is 6.54. The van der Waals surface area contributed by atoms with Crippen molar-refractivity contribution in [2.24, 2.45) is 0 Å². The highest BCUT2D eigenvalue weighted by Gasteiger charge is 2.14. The molecule has 2 aromatic carbocycles. The minimum atomic E-state index is -0.342. The molecule has 0 atom stereocenters. The third-order valence-electron chi connectivity index (χ3n) is 4.90. The Hall–Kier alpha value is -2.93. The third-order valence-corrected chi connectivity index (χ3v) is 5.86. The van der Waals surface area contributed by atoms with E-state index in [1.54, 1.807) is 10.7 Å². The monoisotopic (exact) mass is 392 g/mol. The molecule has 0 saturated heterocycles. The molecule has 0 spiro atoms. The lowest BCUT2D eigenvalue weighted by molar-refractivity contribution is 0.557. The summed E-state index contributed by atoms with van der Waals surface area (Å²) in [6.07, 6.45) is 0.